The molecule has 0 radical (unpaired) electrons. The topological polar surface area (TPSA) is 32.8 Å². The van der Waals surface area contributed by atoms with Crippen molar-refractivity contribution >= 4 is 14.2 Å². The van der Waals surface area contributed by atoms with Crippen LogP contribution in [0.5, 0.6) is 0 Å². The minimum atomic E-state index is -4.66. The first-order valence-electron chi connectivity index (χ1n) is 13.2. The van der Waals surface area contributed by atoms with Crippen molar-refractivity contribution in [3.05, 3.63) is 35.9 Å². The van der Waals surface area contributed by atoms with Crippen molar-refractivity contribution in [1.82, 2.24) is 9.80 Å². The molecule has 1 aromatic rings. The molecule has 37 heavy (non-hydrogen) atoms. The first-order valence-corrected chi connectivity index (χ1v) is 15.5. The summed E-state index contributed by atoms with van der Waals surface area (Å²) in [5, 5.41) is 0. The zero-order valence-electron chi connectivity index (χ0n) is 24.2. The maximum Gasteiger partial charge on any atom is 0.422 e. The standard InChI is InChI=1S/C29H45F3N2O2Si/c1-21(2)37(22(3)4,23(5)6)18-14-17-28(10)20-33(19-24-15-12-11-13-16-24)25(29(30,31)32)34(28)26(35)36-27(7,8)9/h11-13,15-16,21-23,25H,17,19-20H2,1-10H3/t25-,28+/m1/s1. The van der Waals surface area contributed by atoms with Crippen LogP contribution in [0.15, 0.2) is 30.3 Å². The van der Waals surface area contributed by atoms with Crippen LogP contribution in [-0.4, -0.2) is 54.0 Å². The van der Waals surface area contributed by atoms with Crippen LogP contribution < -0.4 is 0 Å². The zero-order chi connectivity index (χ0) is 28.4. The maximum absolute atomic E-state index is 14.6. The van der Waals surface area contributed by atoms with Crippen LogP contribution in [0.1, 0.15) is 81.2 Å². The minimum absolute atomic E-state index is 0.0413. The first kappa shape index (κ1) is 31.2. The summed E-state index contributed by atoms with van der Waals surface area (Å²) in [5.41, 5.74) is 3.47. The molecule has 1 fully saturated rings. The molecule has 0 aromatic heterocycles. The lowest BCUT2D eigenvalue weighted by Gasteiger charge is -2.39. The van der Waals surface area contributed by atoms with Crippen molar-refractivity contribution in [1.29, 1.82) is 0 Å². The predicted octanol–water partition coefficient (Wildman–Crippen LogP) is 8.00. The maximum atomic E-state index is 14.6. The average molecular weight is 539 g/mol. The van der Waals surface area contributed by atoms with E-state index in [1.54, 1.807) is 52.0 Å². The third-order valence-corrected chi connectivity index (χ3v) is 13.8. The van der Waals surface area contributed by atoms with Crippen LogP contribution in [0.4, 0.5) is 18.0 Å². The lowest BCUT2D eigenvalue weighted by molar-refractivity contribution is -0.209. The molecule has 208 valence electrons. The molecule has 1 aliphatic heterocycles. The summed E-state index contributed by atoms with van der Waals surface area (Å²) in [6, 6.07) is 9.04. The Hall–Kier alpha value is -1.98. The third-order valence-electron chi connectivity index (χ3n) is 7.47. The predicted molar refractivity (Wildman–Crippen MR) is 147 cm³/mol. The summed E-state index contributed by atoms with van der Waals surface area (Å²) in [6.07, 6.45) is -7.58. The van der Waals surface area contributed by atoms with Gasteiger partial charge in [0.05, 0.1) is 5.54 Å². The Labute approximate surface area is 222 Å². The van der Waals surface area contributed by atoms with Gasteiger partial charge in [-0.1, -0.05) is 71.9 Å². The van der Waals surface area contributed by atoms with Gasteiger partial charge in [-0.2, -0.15) is 13.2 Å². The quantitative estimate of drug-likeness (QED) is 0.272. The second kappa shape index (κ2) is 11.4. The number of hydrogen-bond donors (Lipinski definition) is 0. The van der Waals surface area contributed by atoms with Crippen LogP contribution in [0.3, 0.4) is 0 Å². The zero-order valence-corrected chi connectivity index (χ0v) is 25.2. The highest BCUT2D eigenvalue weighted by molar-refractivity contribution is 6.90. The monoisotopic (exact) mass is 538 g/mol. The first-order chi connectivity index (χ1) is 16.8. The van der Waals surface area contributed by atoms with E-state index in [0.717, 1.165) is 10.5 Å². The Morgan fingerprint density at radius 1 is 1.05 bits per heavy atom. The molecular formula is C29H45F3N2O2Si. The molecule has 1 saturated heterocycles. The molecular weight excluding hydrogens is 493 g/mol. The summed E-state index contributed by atoms with van der Waals surface area (Å²) < 4.78 is 49.4. The molecule has 0 saturated carbocycles. The van der Waals surface area contributed by atoms with E-state index >= 15 is 0 Å². The highest BCUT2D eigenvalue weighted by Crippen LogP contribution is 2.43. The lowest BCUT2D eigenvalue weighted by Crippen LogP contribution is -2.57. The number of carbonyl (C=O) groups is 1. The Morgan fingerprint density at radius 3 is 2.00 bits per heavy atom. The van der Waals surface area contributed by atoms with Crippen molar-refractivity contribution in [3.8, 4) is 11.5 Å². The van der Waals surface area contributed by atoms with Gasteiger partial charge in [0.2, 0.25) is 0 Å². The molecule has 8 heteroatoms. The van der Waals surface area contributed by atoms with Gasteiger partial charge in [0.15, 0.2) is 6.17 Å². The molecule has 2 rings (SSSR count). The summed E-state index contributed by atoms with van der Waals surface area (Å²) in [4.78, 5) is 15.6. The van der Waals surface area contributed by atoms with E-state index < -0.39 is 37.6 Å². The molecule has 0 N–H and O–H groups in total. The van der Waals surface area contributed by atoms with Crippen LogP contribution >= 0.6 is 0 Å². The summed E-state index contributed by atoms with van der Waals surface area (Å²) in [6.45, 7) is 20.0. The average Bonchev–Trinajstić information content (AvgIpc) is 3.02. The fourth-order valence-electron chi connectivity index (χ4n) is 5.97. The largest absolute Gasteiger partial charge is 0.444 e. The molecule has 0 aliphatic carbocycles. The van der Waals surface area contributed by atoms with Crippen LogP contribution in [0.2, 0.25) is 16.6 Å². The second-order valence-corrected chi connectivity index (χ2v) is 18.1. The summed E-state index contributed by atoms with van der Waals surface area (Å²) >= 11 is 0. The van der Waals surface area contributed by atoms with Gasteiger partial charge >= 0.3 is 12.3 Å². The number of alkyl halides is 3. The number of ether oxygens (including phenoxy) is 1. The van der Waals surface area contributed by atoms with Gasteiger partial charge in [0.1, 0.15) is 13.7 Å². The van der Waals surface area contributed by atoms with E-state index in [-0.39, 0.29) is 19.5 Å². The third kappa shape index (κ3) is 7.11. The van der Waals surface area contributed by atoms with E-state index in [1.165, 1.54) is 4.90 Å². The van der Waals surface area contributed by atoms with Gasteiger partial charge in [-0.25, -0.2) is 4.79 Å². The molecule has 0 spiro atoms. The number of hydrogen-bond acceptors (Lipinski definition) is 3. The van der Waals surface area contributed by atoms with Crippen LogP contribution in [-0.2, 0) is 11.3 Å². The van der Waals surface area contributed by atoms with Gasteiger partial charge in [0, 0.05) is 19.5 Å². The fraction of sp³-hybridized carbons (Fsp3) is 0.690. The Balaban J connectivity index is 2.58. The molecule has 1 aliphatic rings. The molecule has 1 amide bonds. The van der Waals surface area contributed by atoms with Gasteiger partial charge < -0.3 is 4.74 Å². The highest BCUT2D eigenvalue weighted by Gasteiger charge is 2.61. The summed E-state index contributed by atoms with van der Waals surface area (Å²) in [5.74, 6) is 3.33. The number of benzene rings is 1. The highest BCUT2D eigenvalue weighted by atomic mass is 28.3. The summed E-state index contributed by atoms with van der Waals surface area (Å²) in [7, 11) is -2.08. The normalized spacial score (nSPS) is 21.5. The van der Waals surface area contributed by atoms with Crippen molar-refractivity contribution in [2.45, 2.75) is 122 Å². The van der Waals surface area contributed by atoms with Gasteiger partial charge in [-0.05, 0) is 49.9 Å². The molecule has 0 unspecified atom stereocenters. The number of rotatable bonds is 6. The Kier molecular flexibility index (Phi) is 9.63. The molecule has 1 aromatic carbocycles. The van der Waals surface area contributed by atoms with E-state index in [9.17, 15) is 18.0 Å². The smallest absolute Gasteiger partial charge is 0.422 e. The number of halogens is 3. The SMILES string of the molecule is CC(C)[Si](C#CC[C@@]1(C)CN(Cc2ccccc2)[C@@H](C(F)(F)F)N1C(=O)OC(C)(C)C)(C(C)C)C(C)C. The molecule has 1 heterocycles. The second-order valence-electron chi connectivity index (χ2n) is 12.5. The molecule has 2 atom stereocenters. The van der Waals surface area contributed by atoms with E-state index in [2.05, 4.69) is 53.0 Å². The van der Waals surface area contributed by atoms with Crippen LogP contribution in [0.25, 0.3) is 0 Å². The van der Waals surface area contributed by atoms with Gasteiger partial charge in [-0.15, -0.1) is 11.5 Å². The number of nitrogens with zero attached hydrogens (tertiary/aromatic N) is 2. The fourth-order valence-corrected chi connectivity index (χ4v) is 11.2. The van der Waals surface area contributed by atoms with Crippen molar-refractivity contribution in [2.24, 2.45) is 0 Å². The van der Waals surface area contributed by atoms with Crippen molar-refractivity contribution < 1.29 is 22.7 Å². The van der Waals surface area contributed by atoms with Crippen LogP contribution in [0, 0.1) is 11.5 Å². The van der Waals surface area contributed by atoms with Crippen molar-refractivity contribution in [2.75, 3.05) is 6.54 Å². The minimum Gasteiger partial charge on any atom is -0.444 e. The number of carbonyl (C=O) groups excluding carboxylic acids is 1. The molecule has 0 bridgehead atoms. The lowest BCUT2D eigenvalue weighted by atomic mass is 9.97. The van der Waals surface area contributed by atoms with E-state index in [0.29, 0.717) is 16.6 Å². The van der Waals surface area contributed by atoms with Gasteiger partial charge in [0.25, 0.3) is 0 Å². The van der Waals surface area contributed by atoms with Crippen molar-refractivity contribution in [3.63, 3.8) is 0 Å². The number of amides is 1. The van der Waals surface area contributed by atoms with E-state index in [4.69, 9.17) is 4.74 Å². The Morgan fingerprint density at radius 2 is 1.57 bits per heavy atom. The Bertz CT molecular complexity index is 955. The van der Waals surface area contributed by atoms with Gasteiger partial charge in [-0.3, -0.25) is 9.80 Å². The molecule has 4 nitrogen and oxygen atoms in total. The van der Waals surface area contributed by atoms with E-state index in [1.807, 2.05) is 6.07 Å².